The molecule has 2 fully saturated rings. The Labute approximate surface area is 91.4 Å². The number of hydrogen-bond donors (Lipinski definition) is 2. The average molecular weight is 219 g/mol. The van der Waals surface area contributed by atoms with Crippen LogP contribution in [0, 0.1) is 11.8 Å². The fourth-order valence-corrected chi connectivity index (χ4v) is 2.22. The van der Waals surface area contributed by atoms with E-state index in [0.29, 0.717) is 6.04 Å². The number of halogens is 1. The zero-order valence-corrected chi connectivity index (χ0v) is 9.40. The van der Waals surface area contributed by atoms with Crippen LogP contribution in [0.25, 0.3) is 0 Å². The van der Waals surface area contributed by atoms with Crippen LogP contribution in [0.15, 0.2) is 0 Å². The van der Waals surface area contributed by atoms with Crippen LogP contribution in [-0.2, 0) is 4.79 Å². The van der Waals surface area contributed by atoms with E-state index in [9.17, 15) is 4.79 Å². The quantitative estimate of drug-likeness (QED) is 0.724. The SMILES string of the molecule is CC1CC(NC(=O)[C@@H]2CCNC2)C1.Cl. The van der Waals surface area contributed by atoms with Crippen LogP contribution in [0.5, 0.6) is 0 Å². The van der Waals surface area contributed by atoms with E-state index in [-0.39, 0.29) is 24.2 Å². The van der Waals surface area contributed by atoms with Gasteiger partial charge in [0, 0.05) is 12.6 Å². The first-order valence-electron chi connectivity index (χ1n) is 5.27. The largest absolute Gasteiger partial charge is 0.353 e. The van der Waals surface area contributed by atoms with Gasteiger partial charge < -0.3 is 10.6 Å². The minimum absolute atomic E-state index is 0. The molecule has 0 spiro atoms. The number of carbonyl (C=O) groups excluding carboxylic acids is 1. The van der Waals surface area contributed by atoms with Gasteiger partial charge in [0.2, 0.25) is 5.91 Å². The summed E-state index contributed by atoms with van der Waals surface area (Å²) in [6.45, 7) is 4.10. The maximum absolute atomic E-state index is 11.6. The van der Waals surface area contributed by atoms with E-state index in [4.69, 9.17) is 0 Å². The Kier molecular flexibility index (Phi) is 4.20. The van der Waals surface area contributed by atoms with Gasteiger partial charge in [-0.05, 0) is 31.7 Å². The van der Waals surface area contributed by atoms with Crippen molar-refractivity contribution in [3.63, 3.8) is 0 Å². The maximum atomic E-state index is 11.6. The molecular weight excluding hydrogens is 200 g/mol. The standard InChI is InChI=1S/C10H18N2O.ClH/c1-7-4-9(5-7)12-10(13)8-2-3-11-6-8;/h7-9,11H,2-6H2,1H3,(H,12,13);1H/t7?,8-,9?;/m1./s1. The predicted molar refractivity (Wildman–Crippen MR) is 58.6 cm³/mol. The second-order valence-electron chi connectivity index (χ2n) is 4.47. The maximum Gasteiger partial charge on any atom is 0.224 e. The van der Waals surface area contributed by atoms with E-state index in [1.165, 1.54) is 12.8 Å². The van der Waals surface area contributed by atoms with Gasteiger partial charge in [0.05, 0.1) is 5.92 Å². The molecule has 2 N–H and O–H groups in total. The second kappa shape index (κ2) is 4.99. The molecule has 14 heavy (non-hydrogen) atoms. The van der Waals surface area contributed by atoms with E-state index in [1.807, 2.05) is 0 Å². The number of rotatable bonds is 2. The Morgan fingerprint density at radius 2 is 2.14 bits per heavy atom. The minimum Gasteiger partial charge on any atom is -0.353 e. The van der Waals surface area contributed by atoms with Crippen LogP contribution in [-0.4, -0.2) is 25.0 Å². The fraction of sp³-hybridized carbons (Fsp3) is 0.900. The smallest absolute Gasteiger partial charge is 0.224 e. The molecule has 1 amide bonds. The van der Waals surface area contributed by atoms with Crippen molar-refractivity contribution in [2.24, 2.45) is 11.8 Å². The summed E-state index contributed by atoms with van der Waals surface area (Å²) in [6, 6.07) is 0.475. The van der Waals surface area contributed by atoms with Crippen molar-refractivity contribution >= 4 is 18.3 Å². The molecule has 4 heteroatoms. The highest BCUT2D eigenvalue weighted by Crippen LogP contribution is 2.26. The molecule has 1 heterocycles. The lowest BCUT2D eigenvalue weighted by atomic mass is 9.81. The van der Waals surface area contributed by atoms with Crippen LogP contribution >= 0.6 is 12.4 Å². The van der Waals surface area contributed by atoms with E-state index in [0.717, 1.165) is 25.4 Å². The van der Waals surface area contributed by atoms with Gasteiger partial charge in [-0.3, -0.25) is 4.79 Å². The van der Waals surface area contributed by atoms with Crippen molar-refractivity contribution in [2.45, 2.75) is 32.2 Å². The molecule has 0 aromatic carbocycles. The molecule has 1 saturated heterocycles. The fourth-order valence-electron chi connectivity index (χ4n) is 2.22. The van der Waals surface area contributed by atoms with Crippen molar-refractivity contribution in [1.29, 1.82) is 0 Å². The lowest BCUT2D eigenvalue weighted by molar-refractivity contribution is -0.125. The normalized spacial score (nSPS) is 35.6. The van der Waals surface area contributed by atoms with Crippen molar-refractivity contribution in [1.82, 2.24) is 10.6 Å². The number of hydrogen-bond acceptors (Lipinski definition) is 2. The Morgan fingerprint density at radius 3 is 2.64 bits per heavy atom. The van der Waals surface area contributed by atoms with Gasteiger partial charge in [-0.15, -0.1) is 12.4 Å². The molecule has 2 rings (SSSR count). The Balaban J connectivity index is 0.000000980. The first-order chi connectivity index (χ1) is 6.25. The third-order valence-corrected chi connectivity index (χ3v) is 3.15. The Bertz CT molecular complexity index is 198. The van der Waals surface area contributed by atoms with E-state index in [1.54, 1.807) is 0 Å². The van der Waals surface area contributed by atoms with Crippen molar-refractivity contribution < 1.29 is 4.79 Å². The molecule has 0 radical (unpaired) electrons. The molecule has 1 aliphatic carbocycles. The van der Waals surface area contributed by atoms with Gasteiger partial charge >= 0.3 is 0 Å². The van der Waals surface area contributed by atoms with Crippen molar-refractivity contribution in [3.05, 3.63) is 0 Å². The summed E-state index contributed by atoms with van der Waals surface area (Å²) < 4.78 is 0. The van der Waals surface area contributed by atoms with Gasteiger partial charge in [0.25, 0.3) is 0 Å². The zero-order chi connectivity index (χ0) is 9.26. The lowest BCUT2D eigenvalue weighted by Crippen LogP contribution is -2.46. The molecule has 2 aliphatic rings. The van der Waals surface area contributed by atoms with E-state index >= 15 is 0 Å². The summed E-state index contributed by atoms with van der Waals surface area (Å²) in [6.07, 6.45) is 3.35. The molecular formula is C10H19ClN2O. The molecule has 0 unspecified atom stereocenters. The molecule has 3 nitrogen and oxygen atoms in total. The van der Waals surface area contributed by atoms with Crippen molar-refractivity contribution in [3.8, 4) is 0 Å². The Morgan fingerprint density at radius 1 is 1.43 bits per heavy atom. The van der Waals surface area contributed by atoms with Gasteiger partial charge in [-0.1, -0.05) is 6.92 Å². The third kappa shape index (κ3) is 2.61. The molecule has 82 valence electrons. The monoisotopic (exact) mass is 218 g/mol. The predicted octanol–water partition coefficient (Wildman–Crippen LogP) is 0.932. The van der Waals surface area contributed by atoms with Crippen LogP contribution in [0.1, 0.15) is 26.2 Å². The average Bonchev–Trinajstić information content (AvgIpc) is 2.53. The minimum atomic E-state index is 0. The van der Waals surface area contributed by atoms with Gasteiger partial charge in [-0.2, -0.15) is 0 Å². The summed E-state index contributed by atoms with van der Waals surface area (Å²) in [7, 11) is 0. The van der Waals surface area contributed by atoms with Crippen LogP contribution < -0.4 is 10.6 Å². The first kappa shape index (κ1) is 11.8. The highest BCUT2D eigenvalue weighted by atomic mass is 35.5. The summed E-state index contributed by atoms with van der Waals surface area (Å²) in [5.74, 6) is 1.31. The highest BCUT2D eigenvalue weighted by molar-refractivity contribution is 5.85. The Hall–Kier alpha value is -0.280. The summed E-state index contributed by atoms with van der Waals surface area (Å²) in [5, 5.41) is 6.32. The zero-order valence-electron chi connectivity index (χ0n) is 8.58. The van der Waals surface area contributed by atoms with Gasteiger partial charge in [0.15, 0.2) is 0 Å². The van der Waals surface area contributed by atoms with Crippen molar-refractivity contribution in [2.75, 3.05) is 13.1 Å². The highest BCUT2D eigenvalue weighted by Gasteiger charge is 2.30. The summed E-state index contributed by atoms with van der Waals surface area (Å²) >= 11 is 0. The van der Waals surface area contributed by atoms with Crippen LogP contribution in [0.4, 0.5) is 0 Å². The number of carbonyl (C=O) groups is 1. The molecule has 1 saturated carbocycles. The summed E-state index contributed by atoms with van der Waals surface area (Å²) in [4.78, 5) is 11.6. The molecule has 0 aromatic rings. The molecule has 0 aromatic heterocycles. The molecule has 1 atom stereocenters. The van der Waals surface area contributed by atoms with Crippen LogP contribution in [0.3, 0.4) is 0 Å². The topological polar surface area (TPSA) is 41.1 Å². The lowest BCUT2D eigenvalue weighted by Gasteiger charge is -2.33. The third-order valence-electron chi connectivity index (χ3n) is 3.15. The van der Waals surface area contributed by atoms with E-state index < -0.39 is 0 Å². The molecule has 1 aliphatic heterocycles. The van der Waals surface area contributed by atoms with Gasteiger partial charge in [0.1, 0.15) is 0 Å². The number of nitrogens with one attached hydrogen (secondary N) is 2. The van der Waals surface area contributed by atoms with E-state index in [2.05, 4.69) is 17.6 Å². The second-order valence-corrected chi connectivity index (χ2v) is 4.47. The summed E-state index contributed by atoms with van der Waals surface area (Å²) in [5.41, 5.74) is 0. The number of amides is 1. The van der Waals surface area contributed by atoms with Crippen LogP contribution in [0.2, 0.25) is 0 Å². The van der Waals surface area contributed by atoms with Gasteiger partial charge in [-0.25, -0.2) is 0 Å². The first-order valence-corrected chi connectivity index (χ1v) is 5.27. The molecule has 0 bridgehead atoms.